The molecule has 1 saturated carbocycles. The molecule has 3 aromatic rings. The van der Waals surface area contributed by atoms with Crippen LogP contribution in [-0.2, 0) is 4.79 Å². The van der Waals surface area contributed by atoms with Crippen LogP contribution in [0.5, 0.6) is 0 Å². The molecule has 3 aromatic heterocycles. The van der Waals surface area contributed by atoms with Gasteiger partial charge in [-0.15, -0.1) is 0 Å². The molecule has 1 aliphatic heterocycles. The summed E-state index contributed by atoms with van der Waals surface area (Å²) >= 11 is 0. The second kappa shape index (κ2) is 5.99. The van der Waals surface area contributed by atoms with Crippen molar-refractivity contribution < 1.29 is 4.79 Å². The molecule has 0 radical (unpaired) electrons. The molecule has 1 amide bonds. The fraction of sp³-hybridized carbons (Fsp3) is 0.300. The second-order valence-electron chi connectivity index (χ2n) is 7.38. The molecule has 0 spiro atoms. The monoisotopic (exact) mass is 360 g/mol. The first-order chi connectivity index (χ1) is 13.1. The van der Waals surface area contributed by atoms with Crippen molar-refractivity contribution in [2.24, 2.45) is 17.8 Å². The lowest BCUT2D eigenvalue weighted by Gasteiger charge is -2.10. The molecule has 7 nitrogen and oxygen atoms in total. The molecule has 27 heavy (non-hydrogen) atoms. The zero-order chi connectivity index (χ0) is 18.5. The summed E-state index contributed by atoms with van der Waals surface area (Å²) in [4.78, 5) is 25.5. The fourth-order valence-corrected chi connectivity index (χ4v) is 4.13. The number of nitrogen functional groups attached to an aromatic ring is 1. The minimum atomic E-state index is 0.0590. The highest BCUT2D eigenvalue weighted by atomic mass is 16.2. The largest absolute Gasteiger partial charge is 0.383 e. The van der Waals surface area contributed by atoms with E-state index in [1.165, 1.54) is 0 Å². The number of aryl methyl sites for hydroxylation is 1. The van der Waals surface area contributed by atoms with Crippen LogP contribution in [0.25, 0.3) is 22.0 Å². The van der Waals surface area contributed by atoms with E-state index < -0.39 is 0 Å². The molecule has 1 aliphatic carbocycles. The van der Waals surface area contributed by atoms with Gasteiger partial charge in [-0.1, -0.05) is 0 Å². The predicted octanol–water partition coefficient (Wildman–Crippen LogP) is 1.99. The summed E-state index contributed by atoms with van der Waals surface area (Å²) in [5, 5.41) is 7.93. The first kappa shape index (κ1) is 16.1. The molecule has 7 heteroatoms. The van der Waals surface area contributed by atoms with E-state index in [1.54, 1.807) is 18.6 Å². The maximum Gasteiger partial charge on any atom is 0.229 e. The molecule has 4 N–H and O–H groups in total. The van der Waals surface area contributed by atoms with E-state index >= 15 is 0 Å². The van der Waals surface area contributed by atoms with Crippen LogP contribution in [0.15, 0.2) is 36.8 Å². The quantitative estimate of drug-likeness (QED) is 0.660. The Balaban J connectivity index is 1.47. The van der Waals surface area contributed by atoms with Gasteiger partial charge in [-0.2, -0.15) is 0 Å². The van der Waals surface area contributed by atoms with E-state index in [0.29, 0.717) is 23.5 Å². The minimum Gasteiger partial charge on any atom is -0.383 e. The van der Waals surface area contributed by atoms with E-state index in [1.807, 2.05) is 25.1 Å². The first-order valence-corrected chi connectivity index (χ1v) is 9.10. The Hall–Kier alpha value is -3.06. The highest BCUT2D eigenvalue weighted by Crippen LogP contribution is 2.49. The Bertz CT molecular complexity index is 1060. The van der Waals surface area contributed by atoms with Crippen LogP contribution in [0, 0.1) is 24.7 Å². The average molecular weight is 360 g/mol. The van der Waals surface area contributed by atoms with Gasteiger partial charge in [-0.25, -0.2) is 9.97 Å². The number of fused-ring (bicyclic) bond motifs is 2. The lowest BCUT2D eigenvalue weighted by molar-refractivity contribution is -0.118. The summed E-state index contributed by atoms with van der Waals surface area (Å²) < 4.78 is 0. The highest BCUT2D eigenvalue weighted by molar-refractivity contribution is 5.98. The molecule has 1 saturated heterocycles. The molecule has 0 aromatic carbocycles. The maximum atomic E-state index is 12.5. The van der Waals surface area contributed by atoms with Gasteiger partial charge in [-0.05, 0) is 61.0 Å². The van der Waals surface area contributed by atoms with Crippen LogP contribution in [-0.4, -0.2) is 33.9 Å². The standard InChI is InChI=1S/C20H20N6O/c1-10-2-3-22-6-12(10)16-4-11-5-17(24-9-13(11)19(21)25-16)26-20(27)18-14-7-23-8-15(14)18/h2-6,9,14-15,18,23H,7-8H2,1H3,(H2,21,25)(H,24,26,27). The van der Waals surface area contributed by atoms with Crippen molar-refractivity contribution in [3.8, 4) is 11.3 Å². The fourth-order valence-electron chi connectivity index (χ4n) is 4.13. The summed E-state index contributed by atoms with van der Waals surface area (Å²) in [5.74, 6) is 2.09. The molecule has 5 rings (SSSR count). The molecule has 2 unspecified atom stereocenters. The molecule has 2 aliphatic rings. The molecular weight excluding hydrogens is 340 g/mol. The van der Waals surface area contributed by atoms with Crippen molar-refractivity contribution in [2.75, 3.05) is 24.1 Å². The van der Waals surface area contributed by atoms with E-state index in [0.717, 1.165) is 40.7 Å². The number of amides is 1. The molecule has 2 fully saturated rings. The number of nitrogens with one attached hydrogen (secondary N) is 2. The van der Waals surface area contributed by atoms with Gasteiger partial charge in [0.25, 0.3) is 0 Å². The van der Waals surface area contributed by atoms with Crippen LogP contribution >= 0.6 is 0 Å². The smallest absolute Gasteiger partial charge is 0.229 e. The van der Waals surface area contributed by atoms with Crippen LogP contribution in [0.4, 0.5) is 11.6 Å². The SMILES string of the molecule is Cc1ccncc1-c1cc2cc(NC(=O)C3C4CNCC43)ncc2c(N)n1. The number of aromatic nitrogens is 3. The molecule has 2 atom stereocenters. The number of carbonyl (C=O) groups is 1. The van der Waals surface area contributed by atoms with Crippen molar-refractivity contribution in [3.05, 3.63) is 42.4 Å². The van der Waals surface area contributed by atoms with Crippen molar-refractivity contribution in [2.45, 2.75) is 6.92 Å². The lowest BCUT2D eigenvalue weighted by atomic mass is 10.1. The Morgan fingerprint density at radius 3 is 2.85 bits per heavy atom. The maximum absolute atomic E-state index is 12.5. The number of pyridine rings is 3. The predicted molar refractivity (Wildman–Crippen MR) is 104 cm³/mol. The zero-order valence-corrected chi connectivity index (χ0v) is 14.9. The Labute approximate surface area is 156 Å². The van der Waals surface area contributed by atoms with Gasteiger partial charge in [0.2, 0.25) is 5.91 Å². The first-order valence-electron chi connectivity index (χ1n) is 9.10. The number of rotatable bonds is 3. The third-order valence-corrected chi connectivity index (χ3v) is 5.71. The van der Waals surface area contributed by atoms with Crippen LogP contribution in [0.1, 0.15) is 5.56 Å². The van der Waals surface area contributed by atoms with Gasteiger partial charge in [0.1, 0.15) is 11.6 Å². The Kier molecular flexibility index (Phi) is 3.58. The normalized spacial score (nSPS) is 23.2. The van der Waals surface area contributed by atoms with Crippen LogP contribution in [0.2, 0.25) is 0 Å². The van der Waals surface area contributed by atoms with E-state index in [2.05, 4.69) is 25.6 Å². The Morgan fingerprint density at radius 1 is 1.26 bits per heavy atom. The van der Waals surface area contributed by atoms with E-state index in [9.17, 15) is 4.79 Å². The number of nitrogens with two attached hydrogens (primary N) is 1. The van der Waals surface area contributed by atoms with Crippen molar-refractivity contribution in [3.63, 3.8) is 0 Å². The summed E-state index contributed by atoms with van der Waals surface area (Å²) in [6.45, 7) is 3.88. The number of hydrogen-bond acceptors (Lipinski definition) is 6. The van der Waals surface area contributed by atoms with Gasteiger partial charge in [-0.3, -0.25) is 9.78 Å². The number of carbonyl (C=O) groups excluding carboxylic acids is 1. The van der Waals surface area contributed by atoms with E-state index in [-0.39, 0.29) is 11.8 Å². The van der Waals surface area contributed by atoms with Crippen molar-refractivity contribution in [1.82, 2.24) is 20.3 Å². The van der Waals surface area contributed by atoms with Crippen LogP contribution < -0.4 is 16.4 Å². The van der Waals surface area contributed by atoms with Gasteiger partial charge >= 0.3 is 0 Å². The molecule has 136 valence electrons. The Morgan fingerprint density at radius 2 is 2.07 bits per heavy atom. The van der Waals surface area contributed by atoms with Crippen molar-refractivity contribution >= 4 is 28.3 Å². The number of nitrogens with zero attached hydrogens (tertiary/aromatic N) is 3. The van der Waals surface area contributed by atoms with Gasteiger partial charge in [0.05, 0.1) is 5.69 Å². The van der Waals surface area contributed by atoms with E-state index in [4.69, 9.17) is 5.73 Å². The molecular formula is C20H20N6O. The zero-order valence-electron chi connectivity index (χ0n) is 14.9. The topological polar surface area (TPSA) is 106 Å². The number of piperidine rings is 1. The molecule has 4 heterocycles. The van der Waals surface area contributed by atoms with Gasteiger partial charge in [0, 0.05) is 35.5 Å². The third kappa shape index (κ3) is 2.71. The summed E-state index contributed by atoms with van der Waals surface area (Å²) in [6.07, 6.45) is 5.21. The number of hydrogen-bond donors (Lipinski definition) is 3. The summed E-state index contributed by atoms with van der Waals surface area (Å²) in [7, 11) is 0. The summed E-state index contributed by atoms with van der Waals surface area (Å²) in [6, 6.07) is 5.76. The highest BCUT2D eigenvalue weighted by Gasteiger charge is 2.56. The number of anilines is 2. The van der Waals surface area contributed by atoms with Crippen molar-refractivity contribution in [1.29, 1.82) is 0 Å². The van der Waals surface area contributed by atoms with Gasteiger partial charge in [0.15, 0.2) is 0 Å². The lowest BCUT2D eigenvalue weighted by Crippen LogP contribution is -2.23. The van der Waals surface area contributed by atoms with Gasteiger partial charge < -0.3 is 16.4 Å². The average Bonchev–Trinajstić information content (AvgIpc) is 3.14. The summed E-state index contributed by atoms with van der Waals surface area (Å²) in [5.41, 5.74) is 8.92. The molecule has 0 bridgehead atoms. The second-order valence-corrected chi connectivity index (χ2v) is 7.38. The minimum absolute atomic E-state index is 0.0590. The third-order valence-electron chi connectivity index (χ3n) is 5.71. The van der Waals surface area contributed by atoms with Crippen LogP contribution in [0.3, 0.4) is 0 Å².